The van der Waals surface area contributed by atoms with Gasteiger partial charge in [0.15, 0.2) is 5.78 Å². The standard InChI is InChI=1S/C15H21N2O4P/c1-4-20-22(18,21-5-2)15(13-9-7-11-19-13)17-14-10-6-8-12(3)16-14/h6-11,15H,4-5H2,1-3H3,(H,16,17)/t15-/m0/s1. The van der Waals surface area contributed by atoms with Crippen molar-refractivity contribution >= 4 is 13.4 Å². The van der Waals surface area contributed by atoms with Crippen molar-refractivity contribution < 1.29 is 18.0 Å². The largest absolute Gasteiger partial charge is 0.466 e. The van der Waals surface area contributed by atoms with Gasteiger partial charge in [0.1, 0.15) is 11.6 Å². The number of pyridine rings is 1. The highest BCUT2D eigenvalue weighted by Gasteiger charge is 2.39. The molecule has 0 aliphatic heterocycles. The molecule has 2 rings (SSSR count). The molecule has 2 heterocycles. The van der Waals surface area contributed by atoms with Crippen LogP contribution in [0.25, 0.3) is 0 Å². The van der Waals surface area contributed by atoms with E-state index in [1.807, 2.05) is 19.1 Å². The molecule has 120 valence electrons. The molecule has 7 heteroatoms. The topological polar surface area (TPSA) is 73.6 Å². The Balaban J connectivity index is 2.36. The van der Waals surface area contributed by atoms with Gasteiger partial charge in [-0.3, -0.25) is 4.57 Å². The molecule has 0 radical (unpaired) electrons. The summed E-state index contributed by atoms with van der Waals surface area (Å²) in [5, 5.41) is 3.11. The van der Waals surface area contributed by atoms with Gasteiger partial charge in [-0.25, -0.2) is 4.98 Å². The zero-order valence-corrected chi connectivity index (χ0v) is 13.9. The lowest BCUT2D eigenvalue weighted by Crippen LogP contribution is -2.15. The number of anilines is 1. The van der Waals surface area contributed by atoms with Crippen LogP contribution in [0.1, 0.15) is 31.1 Å². The molecule has 0 aliphatic carbocycles. The molecule has 0 aromatic carbocycles. The van der Waals surface area contributed by atoms with Gasteiger partial charge in [-0.05, 0) is 45.0 Å². The third-order valence-corrected chi connectivity index (χ3v) is 5.17. The molecular weight excluding hydrogens is 303 g/mol. The van der Waals surface area contributed by atoms with Gasteiger partial charge >= 0.3 is 7.60 Å². The van der Waals surface area contributed by atoms with Gasteiger partial charge in [0, 0.05) is 5.69 Å². The lowest BCUT2D eigenvalue weighted by molar-refractivity contribution is 0.211. The van der Waals surface area contributed by atoms with Crippen molar-refractivity contribution in [1.82, 2.24) is 4.98 Å². The van der Waals surface area contributed by atoms with Crippen LogP contribution in [0.2, 0.25) is 0 Å². The second kappa shape index (κ2) is 7.58. The Kier molecular flexibility index (Phi) is 5.77. The lowest BCUT2D eigenvalue weighted by atomic mass is 10.3. The zero-order valence-electron chi connectivity index (χ0n) is 13.0. The molecule has 2 aromatic rings. The third-order valence-electron chi connectivity index (χ3n) is 2.92. The summed E-state index contributed by atoms with van der Waals surface area (Å²) in [7, 11) is -3.44. The maximum atomic E-state index is 13.1. The van der Waals surface area contributed by atoms with Crippen molar-refractivity contribution in [3.05, 3.63) is 48.0 Å². The van der Waals surface area contributed by atoms with E-state index in [-0.39, 0.29) is 13.2 Å². The van der Waals surface area contributed by atoms with Crippen LogP contribution >= 0.6 is 7.60 Å². The van der Waals surface area contributed by atoms with Gasteiger partial charge in [-0.1, -0.05) is 6.07 Å². The van der Waals surface area contributed by atoms with Crippen LogP contribution in [0, 0.1) is 6.92 Å². The minimum atomic E-state index is -3.44. The molecule has 1 atom stereocenters. The second-order valence-electron chi connectivity index (χ2n) is 4.60. The fourth-order valence-corrected chi connectivity index (χ4v) is 3.90. The van der Waals surface area contributed by atoms with E-state index >= 15 is 0 Å². The van der Waals surface area contributed by atoms with Gasteiger partial charge in [0.25, 0.3) is 0 Å². The van der Waals surface area contributed by atoms with Crippen LogP contribution in [0.5, 0.6) is 0 Å². The molecule has 6 nitrogen and oxygen atoms in total. The first-order valence-electron chi connectivity index (χ1n) is 7.21. The number of rotatable bonds is 8. The first-order valence-corrected chi connectivity index (χ1v) is 8.82. The number of nitrogens with one attached hydrogen (secondary N) is 1. The maximum Gasteiger partial charge on any atom is 0.360 e. The summed E-state index contributed by atoms with van der Waals surface area (Å²) in [6.45, 7) is 5.98. The molecule has 22 heavy (non-hydrogen) atoms. The zero-order chi connectivity index (χ0) is 16.0. The predicted molar refractivity (Wildman–Crippen MR) is 84.9 cm³/mol. The van der Waals surface area contributed by atoms with E-state index in [4.69, 9.17) is 13.5 Å². The number of furan rings is 1. The second-order valence-corrected chi connectivity index (χ2v) is 6.71. The first kappa shape index (κ1) is 16.7. The monoisotopic (exact) mass is 324 g/mol. The Morgan fingerprint density at radius 1 is 1.23 bits per heavy atom. The van der Waals surface area contributed by atoms with E-state index in [9.17, 15) is 4.57 Å². The molecule has 0 fully saturated rings. The summed E-state index contributed by atoms with van der Waals surface area (Å²) in [5.74, 6) is 0.311. The normalized spacial score (nSPS) is 13.0. The summed E-state index contributed by atoms with van der Waals surface area (Å²) in [5.41, 5.74) is 0.853. The van der Waals surface area contributed by atoms with Crippen molar-refractivity contribution in [2.24, 2.45) is 0 Å². The number of hydrogen-bond donors (Lipinski definition) is 1. The van der Waals surface area contributed by atoms with Crippen LogP contribution < -0.4 is 5.32 Å². The fourth-order valence-electron chi connectivity index (χ4n) is 2.06. The van der Waals surface area contributed by atoms with Crippen molar-refractivity contribution in [2.75, 3.05) is 18.5 Å². The summed E-state index contributed by atoms with van der Waals surface area (Å²) in [6, 6.07) is 9.02. The van der Waals surface area contributed by atoms with E-state index in [0.717, 1.165) is 5.69 Å². The first-order chi connectivity index (χ1) is 10.6. The van der Waals surface area contributed by atoms with E-state index in [0.29, 0.717) is 11.6 Å². The van der Waals surface area contributed by atoms with Crippen molar-refractivity contribution in [1.29, 1.82) is 0 Å². The van der Waals surface area contributed by atoms with Crippen LogP contribution in [-0.2, 0) is 13.6 Å². The molecule has 0 saturated heterocycles. The number of hydrogen-bond acceptors (Lipinski definition) is 6. The van der Waals surface area contributed by atoms with E-state index in [1.165, 1.54) is 6.26 Å². The molecule has 0 unspecified atom stereocenters. The molecular formula is C15H21N2O4P. The van der Waals surface area contributed by atoms with Gasteiger partial charge in [-0.15, -0.1) is 0 Å². The number of nitrogens with zero attached hydrogens (tertiary/aromatic N) is 1. The Hall–Kier alpha value is -1.62. The summed E-state index contributed by atoms with van der Waals surface area (Å²) in [4.78, 5) is 4.37. The van der Waals surface area contributed by atoms with Gasteiger partial charge in [0.05, 0.1) is 19.5 Å². The Bertz CT molecular complexity index is 620. The minimum absolute atomic E-state index is 0.275. The molecule has 0 amide bonds. The average Bonchev–Trinajstić information content (AvgIpc) is 2.99. The van der Waals surface area contributed by atoms with Crippen molar-refractivity contribution in [3.63, 3.8) is 0 Å². The Morgan fingerprint density at radius 3 is 2.50 bits per heavy atom. The van der Waals surface area contributed by atoms with Crippen LogP contribution in [0.15, 0.2) is 41.0 Å². The predicted octanol–water partition coefficient (Wildman–Crippen LogP) is 4.36. The van der Waals surface area contributed by atoms with E-state index in [2.05, 4.69) is 10.3 Å². The summed E-state index contributed by atoms with van der Waals surface area (Å²) < 4.78 is 29.4. The highest BCUT2D eigenvalue weighted by Crippen LogP contribution is 2.60. The molecule has 0 saturated carbocycles. The molecule has 2 aromatic heterocycles. The highest BCUT2D eigenvalue weighted by molar-refractivity contribution is 7.54. The quantitative estimate of drug-likeness (QED) is 0.727. The van der Waals surface area contributed by atoms with Gasteiger partial charge in [0.2, 0.25) is 0 Å². The van der Waals surface area contributed by atoms with Crippen LogP contribution in [-0.4, -0.2) is 18.2 Å². The molecule has 1 N–H and O–H groups in total. The van der Waals surface area contributed by atoms with Crippen molar-refractivity contribution in [2.45, 2.75) is 26.6 Å². The van der Waals surface area contributed by atoms with E-state index in [1.54, 1.807) is 32.0 Å². The van der Waals surface area contributed by atoms with E-state index < -0.39 is 13.4 Å². The Morgan fingerprint density at radius 2 is 1.95 bits per heavy atom. The fraction of sp³-hybridized carbons (Fsp3) is 0.400. The smallest absolute Gasteiger partial charge is 0.360 e. The third kappa shape index (κ3) is 3.97. The highest BCUT2D eigenvalue weighted by atomic mass is 31.2. The number of aryl methyl sites for hydroxylation is 1. The minimum Gasteiger partial charge on any atom is -0.466 e. The number of aromatic nitrogens is 1. The van der Waals surface area contributed by atoms with Crippen LogP contribution in [0.3, 0.4) is 0 Å². The molecule has 0 aliphatic rings. The summed E-state index contributed by atoms with van der Waals surface area (Å²) >= 11 is 0. The average molecular weight is 324 g/mol. The Labute approximate surface area is 130 Å². The molecule has 0 spiro atoms. The van der Waals surface area contributed by atoms with Gasteiger partial charge < -0.3 is 18.8 Å². The van der Waals surface area contributed by atoms with Crippen molar-refractivity contribution in [3.8, 4) is 0 Å². The lowest BCUT2D eigenvalue weighted by Gasteiger charge is -2.26. The molecule has 0 bridgehead atoms. The van der Waals surface area contributed by atoms with Gasteiger partial charge in [-0.2, -0.15) is 0 Å². The SMILES string of the molecule is CCOP(=O)(OCC)[C@H](Nc1cccc(C)n1)c1ccco1. The maximum absolute atomic E-state index is 13.1. The summed E-state index contributed by atoms with van der Waals surface area (Å²) in [6.07, 6.45) is 1.52. The van der Waals surface area contributed by atoms with Crippen LogP contribution in [0.4, 0.5) is 5.82 Å².